The molecule has 2 rings (SSSR count). The van der Waals surface area contributed by atoms with Crippen molar-refractivity contribution >= 4 is 23.6 Å². The van der Waals surface area contributed by atoms with Crippen molar-refractivity contribution in [2.45, 2.75) is 33.2 Å². The van der Waals surface area contributed by atoms with E-state index in [9.17, 15) is 9.59 Å². The van der Waals surface area contributed by atoms with Crippen molar-refractivity contribution in [3.05, 3.63) is 60.1 Å². The standard InChI is InChI=1S/C20H24N2O3/c1-4-14-22(19(23)13-12-18-11-10-15(2)25-18)16(3)20(24)21-17-8-6-5-7-9-17/h5-13,16H,4,14H2,1-3H3,(H,21,24). The molecule has 5 heteroatoms. The molecule has 1 unspecified atom stereocenters. The van der Waals surface area contributed by atoms with E-state index in [0.29, 0.717) is 18.0 Å². The van der Waals surface area contributed by atoms with Crippen LogP contribution >= 0.6 is 0 Å². The second kappa shape index (κ2) is 8.87. The Morgan fingerprint density at radius 2 is 1.92 bits per heavy atom. The maximum absolute atomic E-state index is 12.5. The van der Waals surface area contributed by atoms with Crippen molar-refractivity contribution in [2.75, 3.05) is 11.9 Å². The predicted octanol–water partition coefficient (Wildman–Crippen LogP) is 3.87. The minimum absolute atomic E-state index is 0.213. The van der Waals surface area contributed by atoms with Gasteiger partial charge in [0.1, 0.15) is 17.6 Å². The van der Waals surface area contributed by atoms with E-state index in [1.165, 1.54) is 6.08 Å². The van der Waals surface area contributed by atoms with E-state index in [2.05, 4.69) is 5.32 Å². The Bertz CT molecular complexity index is 734. The van der Waals surface area contributed by atoms with Gasteiger partial charge in [-0.25, -0.2) is 0 Å². The first-order valence-corrected chi connectivity index (χ1v) is 8.42. The maximum atomic E-state index is 12.5. The molecular formula is C20H24N2O3. The van der Waals surface area contributed by atoms with Crippen molar-refractivity contribution in [2.24, 2.45) is 0 Å². The van der Waals surface area contributed by atoms with Gasteiger partial charge in [-0.2, -0.15) is 0 Å². The van der Waals surface area contributed by atoms with Crippen LogP contribution in [0, 0.1) is 6.92 Å². The van der Waals surface area contributed by atoms with Gasteiger partial charge in [0.05, 0.1) is 0 Å². The van der Waals surface area contributed by atoms with Crippen molar-refractivity contribution in [1.29, 1.82) is 0 Å². The van der Waals surface area contributed by atoms with Crippen LogP contribution in [0.2, 0.25) is 0 Å². The molecular weight excluding hydrogens is 316 g/mol. The number of carbonyl (C=O) groups is 2. The number of anilines is 1. The fourth-order valence-corrected chi connectivity index (χ4v) is 2.44. The summed E-state index contributed by atoms with van der Waals surface area (Å²) >= 11 is 0. The van der Waals surface area contributed by atoms with Crippen LogP contribution in [0.1, 0.15) is 31.8 Å². The van der Waals surface area contributed by atoms with Crippen LogP contribution in [-0.4, -0.2) is 29.3 Å². The van der Waals surface area contributed by atoms with Crippen LogP contribution in [0.15, 0.2) is 53.0 Å². The normalized spacial score (nSPS) is 12.1. The third kappa shape index (κ3) is 5.35. The Labute approximate surface area is 148 Å². The average molecular weight is 340 g/mol. The number of benzene rings is 1. The third-order valence-corrected chi connectivity index (χ3v) is 3.79. The summed E-state index contributed by atoms with van der Waals surface area (Å²) in [4.78, 5) is 26.6. The van der Waals surface area contributed by atoms with E-state index in [0.717, 1.165) is 12.2 Å². The molecule has 2 aromatic rings. The number of nitrogens with one attached hydrogen (secondary N) is 1. The molecule has 0 aliphatic rings. The van der Waals surface area contributed by atoms with Gasteiger partial charge in [0.15, 0.2) is 0 Å². The molecule has 0 aliphatic heterocycles. The number of hydrogen-bond acceptors (Lipinski definition) is 3. The highest BCUT2D eigenvalue weighted by Crippen LogP contribution is 2.11. The quantitative estimate of drug-likeness (QED) is 0.778. The first-order chi connectivity index (χ1) is 12.0. The lowest BCUT2D eigenvalue weighted by Gasteiger charge is -2.27. The predicted molar refractivity (Wildman–Crippen MR) is 99.0 cm³/mol. The highest BCUT2D eigenvalue weighted by atomic mass is 16.3. The van der Waals surface area contributed by atoms with Gasteiger partial charge in [0, 0.05) is 18.3 Å². The number of furan rings is 1. The SMILES string of the molecule is CCCN(C(=O)C=Cc1ccc(C)o1)C(C)C(=O)Nc1ccccc1. The summed E-state index contributed by atoms with van der Waals surface area (Å²) in [5.74, 6) is 0.971. The lowest BCUT2D eigenvalue weighted by atomic mass is 10.2. The molecule has 5 nitrogen and oxygen atoms in total. The van der Waals surface area contributed by atoms with E-state index < -0.39 is 6.04 Å². The molecule has 1 aromatic heterocycles. The van der Waals surface area contributed by atoms with Gasteiger partial charge in [-0.05, 0) is 50.6 Å². The van der Waals surface area contributed by atoms with E-state index in [-0.39, 0.29) is 11.8 Å². The van der Waals surface area contributed by atoms with Crippen molar-refractivity contribution < 1.29 is 14.0 Å². The first kappa shape index (κ1) is 18.5. The summed E-state index contributed by atoms with van der Waals surface area (Å²) in [6.45, 7) is 6.06. The summed E-state index contributed by atoms with van der Waals surface area (Å²) in [5.41, 5.74) is 0.713. The number of amides is 2. The molecule has 0 saturated carbocycles. The van der Waals surface area contributed by atoms with Gasteiger partial charge < -0.3 is 14.6 Å². The minimum Gasteiger partial charge on any atom is -0.462 e. The fraction of sp³-hybridized carbons (Fsp3) is 0.300. The van der Waals surface area contributed by atoms with E-state index in [1.54, 1.807) is 24.0 Å². The zero-order valence-corrected chi connectivity index (χ0v) is 14.9. The summed E-state index contributed by atoms with van der Waals surface area (Å²) in [6.07, 6.45) is 3.84. The Balaban J connectivity index is 2.05. The molecule has 0 spiro atoms. The smallest absolute Gasteiger partial charge is 0.247 e. The van der Waals surface area contributed by atoms with Crippen LogP contribution in [0.4, 0.5) is 5.69 Å². The average Bonchev–Trinajstić information content (AvgIpc) is 3.03. The second-order valence-corrected chi connectivity index (χ2v) is 5.84. The van der Waals surface area contributed by atoms with Gasteiger partial charge in [-0.1, -0.05) is 25.1 Å². The number of aryl methyl sites for hydroxylation is 1. The largest absolute Gasteiger partial charge is 0.462 e. The van der Waals surface area contributed by atoms with Crippen molar-refractivity contribution in [1.82, 2.24) is 4.90 Å². The Hall–Kier alpha value is -2.82. The molecule has 0 aliphatic carbocycles. The van der Waals surface area contributed by atoms with Gasteiger partial charge in [0.25, 0.3) is 0 Å². The van der Waals surface area contributed by atoms with Gasteiger partial charge in [-0.15, -0.1) is 0 Å². The number of carbonyl (C=O) groups excluding carboxylic acids is 2. The molecule has 2 amide bonds. The van der Waals surface area contributed by atoms with Crippen LogP contribution in [0.3, 0.4) is 0 Å². The Morgan fingerprint density at radius 3 is 2.52 bits per heavy atom. The molecule has 0 fully saturated rings. The third-order valence-electron chi connectivity index (χ3n) is 3.79. The molecule has 1 aromatic carbocycles. The highest BCUT2D eigenvalue weighted by Gasteiger charge is 2.24. The summed E-state index contributed by atoms with van der Waals surface area (Å²) in [7, 11) is 0. The number of rotatable bonds is 7. The van der Waals surface area contributed by atoms with Crippen LogP contribution in [-0.2, 0) is 9.59 Å². The topological polar surface area (TPSA) is 62.6 Å². The monoisotopic (exact) mass is 340 g/mol. The Kier molecular flexibility index (Phi) is 6.57. The summed E-state index contributed by atoms with van der Waals surface area (Å²) in [5, 5.41) is 2.84. The van der Waals surface area contributed by atoms with E-state index in [1.807, 2.05) is 50.2 Å². The molecule has 0 saturated heterocycles. The lowest BCUT2D eigenvalue weighted by molar-refractivity contribution is -0.134. The van der Waals surface area contributed by atoms with Crippen LogP contribution < -0.4 is 5.32 Å². The fourth-order valence-electron chi connectivity index (χ4n) is 2.44. The summed E-state index contributed by atoms with van der Waals surface area (Å²) < 4.78 is 5.42. The number of nitrogens with zero attached hydrogens (tertiary/aromatic N) is 1. The molecule has 25 heavy (non-hydrogen) atoms. The van der Waals surface area contributed by atoms with Gasteiger partial charge in [0.2, 0.25) is 11.8 Å². The molecule has 0 radical (unpaired) electrons. The molecule has 0 bridgehead atoms. The molecule has 1 atom stereocenters. The Morgan fingerprint density at radius 1 is 1.20 bits per heavy atom. The second-order valence-electron chi connectivity index (χ2n) is 5.84. The number of para-hydroxylation sites is 1. The minimum atomic E-state index is -0.573. The van der Waals surface area contributed by atoms with Crippen molar-refractivity contribution in [3.8, 4) is 0 Å². The lowest BCUT2D eigenvalue weighted by Crippen LogP contribution is -2.45. The van der Waals surface area contributed by atoms with Crippen LogP contribution in [0.5, 0.6) is 0 Å². The zero-order valence-electron chi connectivity index (χ0n) is 14.9. The van der Waals surface area contributed by atoms with Crippen LogP contribution in [0.25, 0.3) is 6.08 Å². The summed E-state index contributed by atoms with van der Waals surface area (Å²) in [6, 6.07) is 12.3. The molecule has 1 heterocycles. The highest BCUT2D eigenvalue weighted by molar-refractivity contribution is 5.99. The maximum Gasteiger partial charge on any atom is 0.247 e. The zero-order chi connectivity index (χ0) is 18.2. The first-order valence-electron chi connectivity index (χ1n) is 8.42. The van der Waals surface area contributed by atoms with E-state index >= 15 is 0 Å². The molecule has 1 N–H and O–H groups in total. The van der Waals surface area contributed by atoms with E-state index in [4.69, 9.17) is 4.42 Å². The number of hydrogen-bond donors (Lipinski definition) is 1. The van der Waals surface area contributed by atoms with Gasteiger partial charge in [-0.3, -0.25) is 9.59 Å². The molecule has 132 valence electrons. The van der Waals surface area contributed by atoms with Crippen molar-refractivity contribution in [3.63, 3.8) is 0 Å². The van der Waals surface area contributed by atoms with Gasteiger partial charge >= 0.3 is 0 Å².